The summed E-state index contributed by atoms with van der Waals surface area (Å²) in [5, 5.41) is 64.6. The van der Waals surface area contributed by atoms with Gasteiger partial charge in [0, 0.05) is 103 Å². The lowest BCUT2D eigenvalue weighted by Gasteiger charge is -2.33. The largest absolute Gasteiger partial charge is 0.480 e. The van der Waals surface area contributed by atoms with Crippen LogP contribution in [0.4, 0.5) is 0 Å². The number of benzene rings is 1. The molecule has 24 nitrogen and oxygen atoms in total. The second-order valence-electron chi connectivity index (χ2n) is 17.8. The van der Waals surface area contributed by atoms with Crippen LogP contribution in [0.2, 0.25) is 0 Å². The first-order valence-electron chi connectivity index (χ1n) is 23.7. The van der Waals surface area contributed by atoms with Crippen LogP contribution in [0.1, 0.15) is 69.2 Å². The molecule has 5 rings (SSSR count). The van der Waals surface area contributed by atoms with Crippen LogP contribution >= 0.6 is 0 Å². The molecule has 2 aromatic heterocycles. The molecule has 0 spiro atoms. The zero-order chi connectivity index (χ0) is 52.2. The molecule has 8 N–H and O–H groups in total. The van der Waals surface area contributed by atoms with Gasteiger partial charge in [0.1, 0.15) is 12.1 Å². The molecule has 0 saturated carbocycles. The summed E-state index contributed by atoms with van der Waals surface area (Å²) in [6.07, 6.45) is 0.737. The number of hydrogen-bond acceptors (Lipinski definition) is 16. The Labute approximate surface area is 415 Å². The van der Waals surface area contributed by atoms with Gasteiger partial charge in [-0.3, -0.25) is 77.7 Å². The SMILES string of the molecule is O=C(O)CN1CCN(C(CCCNC(=O)c2ccc(C(=O)NCCCC(C(=O)O)N3CCN(CC(=O)O)Cc4cccc(n4)CN(CC(=O)O)CC3)cc2)C(=O)O)CCN(CC(=O)O)Cc2cccc(n2)C1. The van der Waals surface area contributed by atoms with Gasteiger partial charge in [0.25, 0.3) is 11.8 Å². The summed E-state index contributed by atoms with van der Waals surface area (Å²) < 4.78 is 0. The summed E-state index contributed by atoms with van der Waals surface area (Å²) in [6, 6.07) is 14.3. The van der Waals surface area contributed by atoms with E-state index in [1.165, 1.54) is 24.3 Å². The van der Waals surface area contributed by atoms with E-state index >= 15 is 0 Å². The van der Waals surface area contributed by atoms with Crippen molar-refractivity contribution in [3.8, 4) is 0 Å². The van der Waals surface area contributed by atoms with Crippen LogP contribution in [0.3, 0.4) is 0 Å². The fraction of sp³-hybridized carbons (Fsp3) is 0.500. The molecule has 72 heavy (non-hydrogen) atoms. The number of nitrogens with one attached hydrogen (secondary N) is 2. The molecule has 4 heterocycles. The molecule has 4 bridgehead atoms. The molecule has 0 saturated heterocycles. The van der Waals surface area contributed by atoms with Crippen LogP contribution in [0.15, 0.2) is 60.7 Å². The topological polar surface area (TPSA) is 327 Å². The maximum atomic E-state index is 13.1. The lowest BCUT2D eigenvalue weighted by Crippen LogP contribution is -2.49. The van der Waals surface area contributed by atoms with E-state index < -0.39 is 59.7 Å². The van der Waals surface area contributed by atoms with Crippen LogP contribution in [0, 0.1) is 0 Å². The summed E-state index contributed by atoms with van der Waals surface area (Å²) in [7, 11) is 0. The summed E-state index contributed by atoms with van der Waals surface area (Å²) >= 11 is 0. The van der Waals surface area contributed by atoms with Gasteiger partial charge in [0.05, 0.1) is 49.0 Å². The third kappa shape index (κ3) is 19.0. The number of fused-ring (bicyclic) bond motifs is 4. The van der Waals surface area contributed by atoms with Crippen molar-refractivity contribution in [3.63, 3.8) is 0 Å². The van der Waals surface area contributed by atoms with E-state index in [0.29, 0.717) is 22.8 Å². The van der Waals surface area contributed by atoms with E-state index in [-0.39, 0.29) is 155 Å². The van der Waals surface area contributed by atoms with Crippen molar-refractivity contribution in [2.45, 2.75) is 63.9 Å². The number of pyridine rings is 2. The highest BCUT2D eigenvalue weighted by molar-refractivity contribution is 5.97. The molecule has 2 unspecified atom stereocenters. The van der Waals surface area contributed by atoms with Crippen LogP contribution in [-0.4, -0.2) is 221 Å². The maximum absolute atomic E-state index is 13.1. The van der Waals surface area contributed by atoms with Crippen molar-refractivity contribution in [1.82, 2.24) is 50.0 Å². The lowest BCUT2D eigenvalue weighted by molar-refractivity contribution is -0.145. The molecule has 2 aliphatic heterocycles. The maximum Gasteiger partial charge on any atom is 0.320 e. The van der Waals surface area contributed by atoms with Crippen LogP contribution in [-0.2, 0) is 54.9 Å². The number of aromatic nitrogens is 2. The number of nitrogens with zero attached hydrogens (tertiary/aromatic N) is 8. The van der Waals surface area contributed by atoms with Crippen molar-refractivity contribution < 1.29 is 69.0 Å². The molecule has 2 amide bonds. The van der Waals surface area contributed by atoms with Crippen molar-refractivity contribution >= 4 is 47.6 Å². The predicted molar refractivity (Wildman–Crippen MR) is 256 cm³/mol. The highest BCUT2D eigenvalue weighted by atomic mass is 16.4. The van der Waals surface area contributed by atoms with Gasteiger partial charge in [0.15, 0.2) is 0 Å². The van der Waals surface area contributed by atoms with Crippen molar-refractivity contribution in [3.05, 3.63) is 94.6 Å². The Morgan fingerprint density at radius 1 is 0.431 bits per heavy atom. The van der Waals surface area contributed by atoms with Crippen molar-refractivity contribution in [2.75, 3.05) is 91.6 Å². The van der Waals surface area contributed by atoms with Crippen molar-refractivity contribution in [2.24, 2.45) is 0 Å². The Hall–Kier alpha value is -6.96. The third-order valence-corrected chi connectivity index (χ3v) is 12.3. The van der Waals surface area contributed by atoms with Crippen LogP contribution in [0.5, 0.6) is 0 Å². The van der Waals surface area contributed by atoms with Crippen molar-refractivity contribution in [1.29, 1.82) is 0 Å². The van der Waals surface area contributed by atoms with Gasteiger partial charge in [0.2, 0.25) is 0 Å². The van der Waals surface area contributed by atoms with Gasteiger partial charge in [-0.15, -0.1) is 0 Å². The summed E-state index contributed by atoms with van der Waals surface area (Å²) in [5.41, 5.74) is 2.86. The molecule has 24 heteroatoms. The average Bonchev–Trinajstić information content (AvgIpc) is 3.30. The second kappa shape index (κ2) is 28.2. The van der Waals surface area contributed by atoms with Gasteiger partial charge >= 0.3 is 35.8 Å². The Bertz CT molecular complexity index is 2110. The molecule has 0 aliphatic carbocycles. The average molecular weight is 1010 g/mol. The molecule has 2 atom stereocenters. The molecular formula is C48H64N10O14. The van der Waals surface area contributed by atoms with E-state index in [4.69, 9.17) is 0 Å². The Kier molecular flexibility index (Phi) is 21.9. The minimum atomic E-state index is -1.12. The molecule has 2 aliphatic rings. The standard InChI is InChI=1S/C48H64N10O14/c59-41(60)29-53-17-21-57(22-18-54(30-42(61)62)26-36-6-1-5-35(25-53)51-36)39(47(69)70)9-3-15-49-45(67)33-11-13-34(14-12-33)46(68)50-16-4-10-40(48(71)72)58-23-19-55(31-43(63)64)27-37-7-2-8-38(52-37)28-56(20-24-58)32-44(65)66/h1-2,5-8,11-14,39-40H,3-4,9-10,15-32H2,(H,49,67)(H,50,68)(H,59,60)(H,61,62)(H,63,64)(H,65,66)(H,69,70)(H,71,72). The third-order valence-electron chi connectivity index (χ3n) is 12.3. The first-order valence-corrected chi connectivity index (χ1v) is 23.7. The van der Waals surface area contributed by atoms with Gasteiger partial charge in [-0.05, 0) is 74.2 Å². The fourth-order valence-electron chi connectivity index (χ4n) is 8.77. The minimum Gasteiger partial charge on any atom is -0.480 e. The zero-order valence-corrected chi connectivity index (χ0v) is 40.0. The van der Waals surface area contributed by atoms with E-state index in [1.54, 1.807) is 65.8 Å². The molecule has 390 valence electrons. The number of hydrogen-bond donors (Lipinski definition) is 8. The van der Waals surface area contributed by atoms with Crippen LogP contribution < -0.4 is 10.6 Å². The first kappa shape index (κ1) is 56.0. The number of carbonyl (C=O) groups excluding carboxylic acids is 2. The minimum absolute atomic E-state index is 0.108. The lowest BCUT2D eigenvalue weighted by atomic mass is 10.1. The second-order valence-corrected chi connectivity index (χ2v) is 17.8. The summed E-state index contributed by atoms with van der Waals surface area (Å²) in [6.45, 7) is 1.20. The van der Waals surface area contributed by atoms with Gasteiger partial charge in [-0.2, -0.15) is 0 Å². The number of rotatable bonds is 22. The smallest absolute Gasteiger partial charge is 0.320 e. The van der Waals surface area contributed by atoms with Crippen LogP contribution in [0.25, 0.3) is 0 Å². The molecule has 0 fully saturated rings. The number of carboxylic acids is 6. The normalized spacial score (nSPS) is 17.1. The molecule has 1 aromatic carbocycles. The van der Waals surface area contributed by atoms with E-state index in [9.17, 15) is 69.0 Å². The molecule has 3 aromatic rings. The Morgan fingerprint density at radius 2 is 0.708 bits per heavy atom. The quantitative estimate of drug-likeness (QED) is 0.0613. The number of amides is 2. The van der Waals surface area contributed by atoms with Gasteiger partial charge < -0.3 is 41.3 Å². The number of carbonyl (C=O) groups is 8. The summed E-state index contributed by atoms with van der Waals surface area (Å²) in [4.78, 5) is 118. The number of aliphatic carboxylic acids is 6. The summed E-state index contributed by atoms with van der Waals surface area (Å²) in [5.74, 6) is -7.40. The monoisotopic (exact) mass is 1000 g/mol. The van der Waals surface area contributed by atoms with E-state index in [0.717, 1.165) is 0 Å². The zero-order valence-electron chi connectivity index (χ0n) is 40.0. The molecule has 0 radical (unpaired) electrons. The Morgan fingerprint density at radius 3 is 0.958 bits per heavy atom. The highest BCUT2D eigenvalue weighted by Crippen LogP contribution is 2.16. The van der Waals surface area contributed by atoms with Gasteiger partial charge in [-0.1, -0.05) is 12.1 Å². The van der Waals surface area contributed by atoms with E-state index in [1.807, 2.05) is 0 Å². The predicted octanol–water partition coefficient (Wildman–Crippen LogP) is -0.0190. The van der Waals surface area contributed by atoms with Gasteiger partial charge in [-0.25, -0.2) is 0 Å². The highest BCUT2D eigenvalue weighted by Gasteiger charge is 2.30. The fourth-order valence-corrected chi connectivity index (χ4v) is 8.77. The number of carboxylic acid groups (broad SMARTS) is 6. The Balaban J connectivity index is 1.12. The first-order chi connectivity index (χ1) is 34.4. The molecular weight excluding hydrogens is 941 g/mol. The van der Waals surface area contributed by atoms with E-state index in [2.05, 4.69) is 20.6 Å².